The Morgan fingerprint density at radius 2 is 1.94 bits per heavy atom. The molecule has 0 aromatic rings. The standard InChI is InChI=1S/C13H24N2O3/c1-10(2)8-15(9-12(16)17)13(18)14-7-11-5-3-4-6-11/h10-11H,3-9H2,1-2H3,(H,14,18)(H,16,17). The molecule has 0 atom stereocenters. The number of hydrogen-bond donors (Lipinski definition) is 2. The van der Waals surface area contributed by atoms with Crippen molar-refractivity contribution in [2.75, 3.05) is 19.6 Å². The third kappa shape index (κ3) is 5.38. The van der Waals surface area contributed by atoms with Gasteiger partial charge in [-0.05, 0) is 24.7 Å². The van der Waals surface area contributed by atoms with Gasteiger partial charge in [0.2, 0.25) is 0 Å². The summed E-state index contributed by atoms with van der Waals surface area (Å²) in [5.74, 6) is -0.132. The summed E-state index contributed by atoms with van der Waals surface area (Å²) in [6.07, 6.45) is 4.82. The molecule has 0 saturated heterocycles. The molecule has 18 heavy (non-hydrogen) atoms. The van der Waals surface area contributed by atoms with Gasteiger partial charge in [-0.3, -0.25) is 4.79 Å². The molecule has 0 radical (unpaired) electrons. The first-order chi connectivity index (χ1) is 8.49. The molecule has 1 aliphatic rings. The van der Waals surface area contributed by atoms with E-state index in [0.29, 0.717) is 19.0 Å². The van der Waals surface area contributed by atoms with E-state index in [1.807, 2.05) is 13.8 Å². The van der Waals surface area contributed by atoms with Gasteiger partial charge in [-0.2, -0.15) is 0 Å². The number of carboxylic acids is 1. The van der Waals surface area contributed by atoms with Gasteiger partial charge in [0.05, 0.1) is 0 Å². The monoisotopic (exact) mass is 256 g/mol. The summed E-state index contributed by atoms with van der Waals surface area (Å²) in [5, 5.41) is 11.7. The molecule has 0 heterocycles. The summed E-state index contributed by atoms with van der Waals surface area (Å²) in [7, 11) is 0. The summed E-state index contributed by atoms with van der Waals surface area (Å²) in [5.41, 5.74) is 0. The highest BCUT2D eigenvalue weighted by Crippen LogP contribution is 2.23. The Morgan fingerprint density at radius 3 is 2.44 bits per heavy atom. The molecular weight excluding hydrogens is 232 g/mol. The molecule has 1 rings (SSSR count). The van der Waals surface area contributed by atoms with Gasteiger partial charge in [0.25, 0.3) is 0 Å². The molecule has 2 N–H and O–H groups in total. The minimum Gasteiger partial charge on any atom is -0.480 e. The maximum atomic E-state index is 11.9. The molecule has 5 heteroatoms. The van der Waals surface area contributed by atoms with Gasteiger partial charge in [0.15, 0.2) is 0 Å². The molecule has 1 saturated carbocycles. The van der Waals surface area contributed by atoms with Crippen molar-refractivity contribution < 1.29 is 14.7 Å². The molecule has 0 unspecified atom stereocenters. The van der Waals surface area contributed by atoms with Crippen LogP contribution in [-0.2, 0) is 4.79 Å². The van der Waals surface area contributed by atoms with Crippen LogP contribution in [0, 0.1) is 11.8 Å². The van der Waals surface area contributed by atoms with Crippen molar-refractivity contribution in [3.05, 3.63) is 0 Å². The third-order valence-corrected chi connectivity index (χ3v) is 3.22. The molecule has 2 amide bonds. The van der Waals surface area contributed by atoms with Crippen LogP contribution in [0.5, 0.6) is 0 Å². The van der Waals surface area contributed by atoms with Crippen molar-refractivity contribution in [1.82, 2.24) is 10.2 Å². The average molecular weight is 256 g/mol. The number of aliphatic carboxylic acids is 1. The van der Waals surface area contributed by atoms with E-state index in [0.717, 1.165) is 0 Å². The Kier molecular flexibility index (Phi) is 5.95. The van der Waals surface area contributed by atoms with Gasteiger partial charge in [-0.15, -0.1) is 0 Å². The Bertz CT molecular complexity index is 286. The van der Waals surface area contributed by atoms with Crippen molar-refractivity contribution in [1.29, 1.82) is 0 Å². The molecule has 0 aromatic carbocycles. The SMILES string of the molecule is CC(C)CN(CC(=O)O)C(=O)NCC1CCCC1. The number of carbonyl (C=O) groups excluding carboxylic acids is 1. The number of amides is 2. The number of hydrogen-bond acceptors (Lipinski definition) is 2. The van der Waals surface area contributed by atoms with Gasteiger partial charge >= 0.3 is 12.0 Å². The van der Waals surface area contributed by atoms with E-state index in [-0.39, 0.29) is 18.5 Å². The molecular formula is C13H24N2O3. The lowest BCUT2D eigenvalue weighted by molar-refractivity contribution is -0.137. The normalized spacial score (nSPS) is 15.9. The predicted molar refractivity (Wildman–Crippen MR) is 69.4 cm³/mol. The predicted octanol–water partition coefficient (Wildman–Crippen LogP) is 1.93. The average Bonchev–Trinajstić information content (AvgIpc) is 2.76. The Balaban J connectivity index is 2.39. The zero-order chi connectivity index (χ0) is 13.5. The molecule has 1 aliphatic carbocycles. The van der Waals surface area contributed by atoms with Gasteiger partial charge < -0.3 is 15.3 Å². The van der Waals surface area contributed by atoms with Crippen LogP contribution in [0.15, 0.2) is 0 Å². The highest BCUT2D eigenvalue weighted by atomic mass is 16.4. The molecule has 104 valence electrons. The summed E-state index contributed by atoms with van der Waals surface area (Å²) < 4.78 is 0. The zero-order valence-corrected chi connectivity index (χ0v) is 11.3. The summed E-state index contributed by atoms with van der Waals surface area (Å²) >= 11 is 0. The van der Waals surface area contributed by atoms with E-state index < -0.39 is 5.97 Å². The number of carbonyl (C=O) groups is 2. The number of nitrogens with zero attached hydrogens (tertiary/aromatic N) is 1. The fourth-order valence-electron chi connectivity index (χ4n) is 2.38. The second-order valence-electron chi connectivity index (χ2n) is 5.50. The van der Waals surface area contributed by atoms with Crippen LogP contribution < -0.4 is 5.32 Å². The first kappa shape index (κ1) is 14.8. The van der Waals surface area contributed by atoms with E-state index >= 15 is 0 Å². The van der Waals surface area contributed by atoms with Gasteiger partial charge in [0, 0.05) is 13.1 Å². The maximum Gasteiger partial charge on any atom is 0.323 e. The molecule has 0 spiro atoms. The van der Waals surface area contributed by atoms with E-state index in [2.05, 4.69) is 5.32 Å². The van der Waals surface area contributed by atoms with Crippen molar-refractivity contribution >= 4 is 12.0 Å². The molecule has 1 fully saturated rings. The second kappa shape index (κ2) is 7.24. The number of carboxylic acid groups (broad SMARTS) is 1. The van der Waals surface area contributed by atoms with Crippen molar-refractivity contribution in [3.8, 4) is 0 Å². The van der Waals surface area contributed by atoms with Crippen LogP contribution in [0.1, 0.15) is 39.5 Å². The maximum absolute atomic E-state index is 11.9. The highest BCUT2D eigenvalue weighted by Gasteiger charge is 2.20. The zero-order valence-electron chi connectivity index (χ0n) is 11.3. The van der Waals surface area contributed by atoms with Crippen LogP contribution in [0.3, 0.4) is 0 Å². The topological polar surface area (TPSA) is 69.6 Å². The van der Waals surface area contributed by atoms with Crippen LogP contribution in [0.25, 0.3) is 0 Å². The minimum absolute atomic E-state index is 0.228. The molecule has 0 bridgehead atoms. The first-order valence-electron chi connectivity index (χ1n) is 6.73. The lowest BCUT2D eigenvalue weighted by Crippen LogP contribution is -2.45. The molecule has 5 nitrogen and oxygen atoms in total. The number of nitrogens with one attached hydrogen (secondary N) is 1. The van der Waals surface area contributed by atoms with Crippen LogP contribution >= 0.6 is 0 Å². The molecule has 0 aliphatic heterocycles. The van der Waals surface area contributed by atoms with Crippen LogP contribution in [0.2, 0.25) is 0 Å². The third-order valence-electron chi connectivity index (χ3n) is 3.22. The number of urea groups is 1. The largest absolute Gasteiger partial charge is 0.480 e. The van der Waals surface area contributed by atoms with E-state index in [9.17, 15) is 9.59 Å². The number of rotatable bonds is 6. The summed E-state index contributed by atoms with van der Waals surface area (Å²) in [4.78, 5) is 24.0. The fraction of sp³-hybridized carbons (Fsp3) is 0.846. The van der Waals surface area contributed by atoms with E-state index in [4.69, 9.17) is 5.11 Å². The van der Waals surface area contributed by atoms with Crippen molar-refractivity contribution in [2.45, 2.75) is 39.5 Å². The minimum atomic E-state index is -0.966. The Labute approximate surface area is 109 Å². The van der Waals surface area contributed by atoms with Gasteiger partial charge in [0.1, 0.15) is 6.54 Å². The van der Waals surface area contributed by atoms with E-state index in [1.165, 1.54) is 30.6 Å². The van der Waals surface area contributed by atoms with Crippen LogP contribution in [0.4, 0.5) is 4.79 Å². The molecule has 0 aromatic heterocycles. The van der Waals surface area contributed by atoms with Crippen LogP contribution in [-0.4, -0.2) is 41.6 Å². The second-order valence-corrected chi connectivity index (χ2v) is 5.50. The van der Waals surface area contributed by atoms with Gasteiger partial charge in [-0.25, -0.2) is 4.79 Å². The lowest BCUT2D eigenvalue weighted by Gasteiger charge is -2.24. The van der Waals surface area contributed by atoms with Crippen molar-refractivity contribution in [2.24, 2.45) is 11.8 Å². The van der Waals surface area contributed by atoms with E-state index in [1.54, 1.807) is 0 Å². The Morgan fingerprint density at radius 1 is 1.33 bits per heavy atom. The fourth-order valence-corrected chi connectivity index (χ4v) is 2.38. The summed E-state index contributed by atoms with van der Waals surface area (Å²) in [6.45, 7) is 4.86. The first-order valence-corrected chi connectivity index (χ1v) is 6.73. The lowest BCUT2D eigenvalue weighted by atomic mass is 10.1. The van der Waals surface area contributed by atoms with Gasteiger partial charge in [-0.1, -0.05) is 26.7 Å². The summed E-state index contributed by atoms with van der Waals surface area (Å²) in [6, 6.07) is -0.252. The quantitative estimate of drug-likeness (QED) is 0.763. The highest BCUT2D eigenvalue weighted by molar-refractivity contribution is 5.80. The Hall–Kier alpha value is -1.26. The smallest absolute Gasteiger partial charge is 0.323 e. The van der Waals surface area contributed by atoms with Crippen molar-refractivity contribution in [3.63, 3.8) is 0 Å².